The Morgan fingerprint density at radius 3 is 2.69 bits per heavy atom. The van der Waals surface area contributed by atoms with Gasteiger partial charge in [-0.3, -0.25) is 0 Å². The van der Waals surface area contributed by atoms with Crippen LogP contribution in [0.5, 0.6) is 5.75 Å². The topological polar surface area (TPSA) is 50.4 Å². The summed E-state index contributed by atoms with van der Waals surface area (Å²) >= 11 is 0. The quantitative estimate of drug-likeness (QED) is 0.680. The van der Waals surface area contributed by atoms with E-state index in [9.17, 15) is 4.79 Å². The van der Waals surface area contributed by atoms with E-state index in [1.54, 1.807) is 7.05 Å². The van der Waals surface area contributed by atoms with E-state index in [2.05, 4.69) is 10.6 Å². The van der Waals surface area contributed by atoms with Crippen molar-refractivity contribution in [2.24, 2.45) is 0 Å². The predicted octanol–water partition coefficient (Wildman–Crippen LogP) is 0.952. The van der Waals surface area contributed by atoms with Crippen LogP contribution in [0.15, 0.2) is 30.3 Å². The van der Waals surface area contributed by atoms with E-state index in [0.29, 0.717) is 0 Å². The minimum Gasteiger partial charge on any atom is -0.473 e. The maximum atomic E-state index is 10.7. The van der Waals surface area contributed by atoms with Crippen LogP contribution >= 0.6 is 0 Å². The molecule has 0 aromatic heterocycles. The Labute approximate surface area is 76.9 Å². The Morgan fingerprint density at radius 2 is 2.08 bits per heavy atom. The molecule has 0 atom stereocenters. The number of nitrogens with one attached hydrogen (secondary N) is 2. The second-order valence-electron chi connectivity index (χ2n) is 2.36. The van der Waals surface area contributed by atoms with E-state index >= 15 is 0 Å². The smallest absolute Gasteiger partial charge is 0.317 e. The predicted molar refractivity (Wildman–Crippen MR) is 49.5 cm³/mol. The zero-order valence-corrected chi connectivity index (χ0v) is 7.41. The molecule has 2 N–H and O–H groups in total. The van der Waals surface area contributed by atoms with Crippen molar-refractivity contribution in [2.45, 2.75) is 0 Å². The molecule has 0 spiro atoms. The lowest BCUT2D eigenvalue weighted by Crippen LogP contribution is -2.35. The molecule has 1 aromatic carbocycles. The summed E-state index contributed by atoms with van der Waals surface area (Å²) in [5, 5.41) is 4.93. The van der Waals surface area contributed by atoms with Crippen LogP contribution in [0.1, 0.15) is 0 Å². The molecule has 0 aliphatic carbocycles. The summed E-state index contributed by atoms with van der Waals surface area (Å²) < 4.78 is 5.21. The van der Waals surface area contributed by atoms with Gasteiger partial charge in [0.1, 0.15) is 5.75 Å². The Balaban J connectivity index is 2.24. The van der Waals surface area contributed by atoms with Gasteiger partial charge in [0.25, 0.3) is 0 Å². The van der Waals surface area contributed by atoms with Crippen molar-refractivity contribution in [3.8, 4) is 5.75 Å². The molecule has 13 heavy (non-hydrogen) atoms. The number of hydrogen-bond acceptors (Lipinski definition) is 2. The highest BCUT2D eigenvalue weighted by atomic mass is 16.5. The van der Waals surface area contributed by atoms with E-state index in [1.165, 1.54) is 0 Å². The van der Waals surface area contributed by atoms with Crippen LogP contribution in [0.3, 0.4) is 0 Å². The van der Waals surface area contributed by atoms with E-state index in [1.807, 2.05) is 30.3 Å². The summed E-state index contributed by atoms with van der Waals surface area (Å²) in [5.74, 6) is 0.735. The molecule has 0 bridgehead atoms. The minimum absolute atomic E-state index is 0.170. The molecule has 0 unspecified atom stereocenters. The van der Waals surface area contributed by atoms with Gasteiger partial charge in [-0.25, -0.2) is 4.79 Å². The first kappa shape index (κ1) is 9.38. The molecular formula is C9H12N2O2. The van der Waals surface area contributed by atoms with Crippen LogP contribution < -0.4 is 15.4 Å². The lowest BCUT2D eigenvalue weighted by atomic mass is 10.3. The number of amides is 2. The van der Waals surface area contributed by atoms with Crippen LogP contribution in [0, 0.1) is 0 Å². The van der Waals surface area contributed by atoms with Gasteiger partial charge in [-0.2, -0.15) is 0 Å². The van der Waals surface area contributed by atoms with Gasteiger partial charge in [-0.05, 0) is 12.1 Å². The molecule has 0 aliphatic rings. The Kier molecular flexibility index (Phi) is 3.63. The number of para-hydroxylation sites is 1. The molecule has 70 valence electrons. The molecule has 0 saturated heterocycles. The van der Waals surface area contributed by atoms with Crippen molar-refractivity contribution in [3.05, 3.63) is 30.3 Å². The standard InChI is InChI=1S/C9H12N2O2/c1-10-9(12)11-7-13-8-5-3-2-4-6-8/h2-6H,7H2,1H3,(H2,10,11,12). The summed E-state index contributed by atoms with van der Waals surface area (Å²) in [7, 11) is 1.55. The van der Waals surface area contributed by atoms with Crippen LogP contribution in [0.2, 0.25) is 0 Å². The van der Waals surface area contributed by atoms with Crippen LogP contribution in [-0.4, -0.2) is 19.8 Å². The molecular weight excluding hydrogens is 168 g/mol. The van der Waals surface area contributed by atoms with Crippen LogP contribution in [-0.2, 0) is 0 Å². The third-order valence-electron chi connectivity index (χ3n) is 1.44. The summed E-state index contributed by atoms with van der Waals surface area (Å²) in [6.45, 7) is 0.170. The number of benzene rings is 1. The van der Waals surface area contributed by atoms with Crippen LogP contribution in [0.25, 0.3) is 0 Å². The number of urea groups is 1. The van der Waals surface area contributed by atoms with E-state index < -0.39 is 0 Å². The third kappa shape index (κ3) is 3.46. The van der Waals surface area contributed by atoms with Crippen molar-refractivity contribution in [1.29, 1.82) is 0 Å². The Morgan fingerprint density at radius 1 is 1.38 bits per heavy atom. The lowest BCUT2D eigenvalue weighted by Gasteiger charge is -2.06. The fraction of sp³-hybridized carbons (Fsp3) is 0.222. The summed E-state index contributed by atoms with van der Waals surface area (Å²) in [5.41, 5.74) is 0. The first-order chi connectivity index (χ1) is 6.33. The Bertz CT molecular complexity index is 262. The molecule has 0 radical (unpaired) electrons. The first-order valence-electron chi connectivity index (χ1n) is 3.96. The van der Waals surface area contributed by atoms with Crippen molar-refractivity contribution < 1.29 is 9.53 Å². The number of ether oxygens (including phenoxy) is 1. The fourth-order valence-corrected chi connectivity index (χ4v) is 0.790. The molecule has 4 heteroatoms. The number of rotatable bonds is 3. The molecule has 4 nitrogen and oxygen atoms in total. The highest BCUT2D eigenvalue weighted by Gasteiger charge is 1.94. The molecule has 2 amide bonds. The van der Waals surface area contributed by atoms with E-state index in [4.69, 9.17) is 4.74 Å². The number of hydrogen-bond donors (Lipinski definition) is 2. The average molecular weight is 180 g/mol. The highest BCUT2D eigenvalue weighted by molar-refractivity contribution is 5.73. The Hall–Kier alpha value is -1.71. The largest absolute Gasteiger partial charge is 0.473 e. The first-order valence-corrected chi connectivity index (χ1v) is 3.96. The number of carbonyl (C=O) groups excluding carboxylic acids is 1. The summed E-state index contributed by atoms with van der Waals surface area (Å²) in [6.07, 6.45) is 0. The van der Waals surface area contributed by atoms with Crippen molar-refractivity contribution in [1.82, 2.24) is 10.6 Å². The molecule has 0 saturated carbocycles. The zero-order chi connectivity index (χ0) is 9.52. The average Bonchev–Trinajstić information content (AvgIpc) is 2.19. The lowest BCUT2D eigenvalue weighted by molar-refractivity contribution is 0.226. The van der Waals surface area contributed by atoms with Crippen molar-refractivity contribution >= 4 is 6.03 Å². The fourth-order valence-electron chi connectivity index (χ4n) is 0.790. The van der Waals surface area contributed by atoms with Gasteiger partial charge in [-0.15, -0.1) is 0 Å². The SMILES string of the molecule is CNC(=O)NCOc1ccccc1. The zero-order valence-electron chi connectivity index (χ0n) is 7.41. The molecule has 0 aliphatic heterocycles. The van der Waals surface area contributed by atoms with Gasteiger partial charge in [0.05, 0.1) is 0 Å². The maximum absolute atomic E-state index is 10.7. The van der Waals surface area contributed by atoms with Crippen molar-refractivity contribution in [3.63, 3.8) is 0 Å². The van der Waals surface area contributed by atoms with Crippen molar-refractivity contribution in [2.75, 3.05) is 13.8 Å². The molecule has 0 fully saturated rings. The second kappa shape index (κ2) is 5.03. The van der Waals surface area contributed by atoms with Gasteiger partial charge < -0.3 is 15.4 Å². The van der Waals surface area contributed by atoms with Gasteiger partial charge in [0.15, 0.2) is 6.73 Å². The van der Waals surface area contributed by atoms with Gasteiger partial charge in [-0.1, -0.05) is 18.2 Å². The van der Waals surface area contributed by atoms with Gasteiger partial charge >= 0.3 is 6.03 Å². The van der Waals surface area contributed by atoms with Gasteiger partial charge in [0.2, 0.25) is 0 Å². The second-order valence-corrected chi connectivity index (χ2v) is 2.36. The molecule has 1 aromatic rings. The van der Waals surface area contributed by atoms with Crippen LogP contribution in [0.4, 0.5) is 4.79 Å². The summed E-state index contributed by atoms with van der Waals surface area (Å²) in [4.78, 5) is 10.7. The van der Waals surface area contributed by atoms with E-state index in [-0.39, 0.29) is 12.8 Å². The summed E-state index contributed by atoms with van der Waals surface area (Å²) in [6, 6.07) is 9.04. The monoisotopic (exact) mass is 180 g/mol. The third-order valence-corrected chi connectivity index (χ3v) is 1.44. The van der Waals surface area contributed by atoms with E-state index in [0.717, 1.165) is 5.75 Å². The normalized spacial score (nSPS) is 9.00. The number of carbonyl (C=O) groups is 1. The molecule has 0 heterocycles. The molecule has 1 rings (SSSR count). The minimum atomic E-state index is -0.254. The maximum Gasteiger partial charge on any atom is 0.317 e. The van der Waals surface area contributed by atoms with Gasteiger partial charge in [0, 0.05) is 7.05 Å². The highest BCUT2D eigenvalue weighted by Crippen LogP contribution is 2.06.